The van der Waals surface area contributed by atoms with Crippen molar-refractivity contribution in [1.82, 2.24) is 20.3 Å². The molecule has 0 radical (unpaired) electrons. The van der Waals surface area contributed by atoms with Crippen LogP contribution in [0.25, 0.3) is 22.8 Å². The molecule has 0 atom stereocenters. The lowest BCUT2D eigenvalue weighted by atomic mass is 10.1. The molecule has 138 valence electrons. The summed E-state index contributed by atoms with van der Waals surface area (Å²) in [7, 11) is 0. The molecule has 1 aromatic carbocycles. The Balaban J connectivity index is 1.75. The number of carbonyl (C=O) groups excluding carboxylic acids is 1. The molecule has 0 spiro atoms. The SMILES string of the molecule is O=C1NCCc2[nH]c(-c3ccnc(-c4ccc(Br)c(C(F)(F)F)c4)n3)cc21. The number of fused-ring (bicyclic) bond motifs is 1. The van der Waals surface area contributed by atoms with Crippen molar-refractivity contribution in [3.8, 4) is 22.8 Å². The first-order chi connectivity index (χ1) is 12.8. The van der Waals surface area contributed by atoms with Gasteiger partial charge in [0.2, 0.25) is 0 Å². The van der Waals surface area contributed by atoms with Crippen LogP contribution in [0.1, 0.15) is 21.6 Å². The summed E-state index contributed by atoms with van der Waals surface area (Å²) in [5.74, 6) is 0.0123. The van der Waals surface area contributed by atoms with Gasteiger partial charge in [0, 0.05) is 34.9 Å². The van der Waals surface area contributed by atoms with Crippen LogP contribution in [0.5, 0.6) is 0 Å². The normalized spacial score (nSPS) is 14.0. The van der Waals surface area contributed by atoms with Gasteiger partial charge in [-0.2, -0.15) is 13.2 Å². The zero-order valence-electron chi connectivity index (χ0n) is 13.7. The summed E-state index contributed by atoms with van der Waals surface area (Å²) < 4.78 is 39.4. The Hall–Kier alpha value is -2.68. The van der Waals surface area contributed by atoms with E-state index in [1.807, 2.05) is 0 Å². The predicted molar refractivity (Wildman–Crippen MR) is 96.0 cm³/mol. The second-order valence-corrected chi connectivity index (χ2v) is 6.89. The Morgan fingerprint density at radius 3 is 2.70 bits per heavy atom. The Morgan fingerprint density at radius 1 is 1.15 bits per heavy atom. The molecule has 1 amide bonds. The number of carbonyl (C=O) groups is 1. The Morgan fingerprint density at radius 2 is 1.96 bits per heavy atom. The van der Waals surface area contributed by atoms with Crippen LogP contribution in [0.3, 0.4) is 0 Å². The van der Waals surface area contributed by atoms with E-state index < -0.39 is 11.7 Å². The summed E-state index contributed by atoms with van der Waals surface area (Å²) in [5.41, 5.74) is 1.95. The van der Waals surface area contributed by atoms with Gasteiger partial charge in [-0.05, 0) is 24.3 Å². The summed E-state index contributed by atoms with van der Waals surface area (Å²) >= 11 is 2.92. The quantitative estimate of drug-likeness (QED) is 0.632. The topological polar surface area (TPSA) is 70.7 Å². The fourth-order valence-electron chi connectivity index (χ4n) is 2.96. The average molecular weight is 437 g/mol. The third kappa shape index (κ3) is 3.34. The molecule has 2 N–H and O–H groups in total. The van der Waals surface area contributed by atoms with Crippen LogP contribution in [-0.4, -0.2) is 27.4 Å². The molecule has 1 aliphatic heterocycles. The number of halogens is 4. The fraction of sp³-hybridized carbons (Fsp3) is 0.167. The second-order valence-electron chi connectivity index (χ2n) is 6.04. The lowest BCUT2D eigenvalue weighted by Crippen LogP contribution is -2.31. The summed E-state index contributed by atoms with van der Waals surface area (Å²) in [5, 5.41) is 2.76. The fourth-order valence-corrected chi connectivity index (χ4v) is 3.43. The highest BCUT2D eigenvalue weighted by atomic mass is 79.9. The van der Waals surface area contributed by atoms with Gasteiger partial charge < -0.3 is 10.3 Å². The van der Waals surface area contributed by atoms with Crippen molar-refractivity contribution in [3.63, 3.8) is 0 Å². The van der Waals surface area contributed by atoms with E-state index in [-0.39, 0.29) is 21.8 Å². The number of aromatic nitrogens is 3. The number of amides is 1. The minimum Gasteiger partial charge on any atom is -0.356 e. The lowest BCUT2D eigenvalue weighted by Gasteiger charge is -2.11. The highest BCUT2D eigenvalue weighted by molar-refractivity contribution is 9.10. The molecule has 0 fully saturated rings. The Kier molecular flexibility index (Phi) is 4.26. The number of alkyl halides is 3. The minimum atomic E-state index is -4.49. The van der Waals surface area contributed by atoms with E-state index in [2.05, 4.69) is 36.2 Å². The number of hydrogen-bond acceptors (Lipinski definition) is 3. The molecule has 3 heterocycles. The van der Waals surface area contributed by atoms with Crippen LogP contribution in [0.2, 0.25) is 0 Å². The van der Waals surface area contributed by atoms with Gasteiger partial charge in [-0.25, -0.2) is 9.97 Å². The second kappa shape index (κ2) is 6.49. The Labute approximate surface area is 160 Å². The zero-order chi connectivity index (χ0) is 19.2. The first-order valence-corrected chi connectivity index (χ1v) is 8.83. The van der Waals surface area contributed by atoms with Gasteiger partial charge in [0.25, 0.3) is 5.91 Å². The van der Waals surface area contributed by atoms with E-state index in [0.29, 0.717) is 29.9 Å². The molecule has 4 rings (SSSR count). The number of benzene rings is 1. The maximum Gasteiger partial charge on any atom is 0.417 e. The first kappa shape index (κ1) is 17.7. The first-order valence-electron chi connectivity index (χ1n) is 8.03. The third-order valence-electron chi connectivity index (χ3n) is 4.27. The number of nitrogens with zero attached hydrogens (tertiary/aromatic N) is 2. The van der Waals surface area contributed by atoms with Crippen LogP contribution in [0.4, 0.5) is 13.2 Å². The van der Waals surface area contributed by atoms with Gasteiger partial charge in [0.05, 0.1) is 22.5 Å². The number of H-pyrrole nitrogens is 1. The molecule has 5 nitrogen and oxygen atoms in total. The van der Waals surface area contributed by atoms with Gasteiger partial charge in [0.1, 0.15) is 0 Å². The van der Waals surface area contributed by atoms with Crippen LogP contribution in [0, 0.1) is 0 Å². The largest absolute Gasteiger partial charge is 0.417 e. The van der Waals surface area contributed by atoms with Crippen molar-refractivity contribution in [2.45, 2.75) is 12.6 Å². The van der Waals surface area contributed by atoms with E-state index >= 15 is 0 Å². The maximum absolute atomic E-state index is 13.1. The predicted octanol–water partition coefficient (Wildman–Crippen LogP) is 4.21. The number of hydrogen-bond donors (Lipinski definition) is 2. The van der Waals surface area contributed by atoms with Crippen LogP contribution in [-0.2, 0) is 12.6 Å². The lowest BCUT2D eigenvalue weighted by molar-refractivity contribution is -0.138. The summed E-state index contributed by atoms with van der Waals surface area (Å²) in [6.07, 6.45) is -2.33. The number of rotatable bonds is 2. The maximum atomic E-state index is 13.1. The van der Waals surface area contributed by atoms with Crippen molar-refractivity contribution in [1.29, 1.82) is 0 Å². The average Bonchev–Trinajstić information content (AvgIpc) is 3.07. The van der Waals surface area contributed by atoms with E-state index in [1.54, 1.807) is 12.1 Å². The summed E-state index contributed by atoms with van der Waals surface area (Å²) in [6.45, 7) is 0.555. The minimum absolute atomic E-state index is 0.0436. The summed E-state index contributed by atoms with van der Waals surface area (Å²) in [4.78, 5) is 23.5. The Bertz CT molecular complexity index is 1050. The number of aromatic amines is 1. The van der Waals surface area contributed by atoms with Crippen LogP contribution < -0.4 is 5.32 Å². The molecule has 1 aliphatic rings. The summed E-state index contributed by atoms with van der Waals surface area (Å²) in [6, 6.07) is 7.19. The van der Waals surface area contributed by atoms with Gasteiger partial charge in [0.15, 0.2) is 5.82 Å². The van der Waals surface area contributed by atoms with E-state index in [1.165, 1.54) is 18.3 Å². The molecular formula is C18H12BrF3N4O. The van der Waals surface area contributed by atoms with E-state index in [4.69, 9.17) is 0 Å². The number of nitrogens with one attached hydrogen (secondary N) is 2. The van der Waals surface area contributed by atoms with Gasteiger partial charge in [-0.3, -0.25) is 4.79 Å². The van der Waals surface area contributed by atoms with Crippen molar-refractivity contribution in [3.05, 3.63) is 57.8 Å². The van der Waals surface area contributed by atoms with Crippen molar-refractivity contribution in [2.24, 2.45) is 0 Å². The van der Waals surface area contributed by atoms with Crippen LogP contribution >= 0.6 is 15.9 Å². The molecule has 0 unspecified atom stereocenters. The molecule has 0 aliphatic carbocycles. The molecule has 0 bridgehead atoms. The molecule has 0 saturated heterocycles. The highest BCUT2D eigenvalue weighted by Crippen LogP contribution is 2.37. The molecule has 9 heteroatoms. The molecular weight excluding hydrogens is 425 g/mol. The third-order valence-corrected chi connectivity index (χ3v) is 4.96. The van der Waals surface area contributed by atoms with E-state index in [9.17, 15) is 18.0 Å². The highest BCUT2D eigenvalue weighted by Gasteiger charge is 2.33. The van der Waals surface area contributed by atoms with Crippen molar-refractivity contribution >= 4 is 21.8 Å². The van der Waals surface area contributed by atoms with Crippen molar-refractivity contribution < 1.29 is 18.0 Å². The zero-order valence-corrected chi connectivity index (χ0v) is 15.3. The molecule has 2 aromatic heterocycles. The van der Waals surface area contributed by atoms with Crippen molar-refractivity contribution in [2.75, 3.05) is 6.54 Å². The van der Waals surface area contributed by atoms with Gasteiger partial charge in [-0.1, -0.05) is 22.0 Å². The molecule has 27 heavy (non-hydrogen) atoms. The molecule has 3 aromatic rings. The van der Waals surface area contributed by atoms with E-state index in [0.717, 1.165) is 11.8 Å². The van der Waals surface area contributed by atoms with Gasteiger partial charge in [-0.15, -0.1) is 0 Å². The monoisotopic (exact) mass is 436 g/mol. The standard InChI is InChI=1S/C18H12BrF3N4O/c19-12-2-1-9(7-11(12)18(20,21)22)16-23-5-4-14(26-16)15-8-10-13(25-15)3-6-24-17(10)27/h1-2,4-5,7-8,25H,3,6H2,(H,24,27). The van der Waals surface area contributed by atoms with Crippen LogP contribution in [0.15, 0.2) is 41.0 Å². The molecule has 0 saturated carbocycles. The van der Waals surface area contributed by atoms with Gasteiger partial charge >= 0.3 is 6.18 Å². The smallest absolute Gasteiger partial charge is 0.356 e.